The summed E-state index contributed by atoms with van der Waals surface area (Å²) in [5.74, 6) is -0.0764. The summed E-state index contributed by atoms with van der Waals surface area (Å²) in [5.41, 5.74) is 4.07. The molecule has 0 aliphatic carbocycles. The van der Waals surface area contributed by atoms with Gasteiger partial charge in [-0.25, -0.2) is 13.6 Å². The van der Waals surface area contributed by atoms with Gasteiger partial charge >= 0.3 is 0 Å². The minimum absolute atomic E-state index is 0.0582. The van der Waals surface area contributed by atoms with Crippen LogP contribution in [0.1, 0.15) is 22.3 Å². The molecular formula is C17H20N2O3S. The number of amides is 1. The van der Waals surface area contributed by atoms with E-state index in [4.69, 9.17) is 5.14 Å². The van der Waals surface area contributed by atoms with Crippen LogP contribution in [0.15, 0.2) is 47.4 Å². The first-order valence-corrected chi connectivity index (χ1v) is 8.75. The monoisotopic (exact) mass is 332 g/mol. The Morgan fingerprint density at radius 3 is 2.30 bits per heavy atom. The zero-order valence-corrected chi connectivity index (χ0v) is 14.0. The van der Waals surface area contributed by atoms with Gasteiger partial charge in [-0.2, -0.15) is 0 Å². The molecule has 0 bridgehead atoms. The molecule has 5 nitrogen and oxygen atoms in total. The number of sulfonamides is 1. The molecule has 0 heterocycles. The summed E-state index contributed by atoms with van der Waals surface area (Å²) in [6.45, 7) is 4.35. The molecule has 0 spiro atoms. The average Bonchev–Trinajstić information content (AvgIpc) is 2.47. The van der Waals surface area contributed by atoms with Crippen LogP contribution in [0, 0.1) is 13.8 Å². The summed E-state index contributed by atoms with van der Waals surface area (Å²) in [7, 11) is -3.69. The van der Waals surface area contributed by atoms with Gasteiger partial charge in [-0.1, -0.05) is 35.9 Å². The highest BCUT2D eigenvalue weighted by atomic mass is 32.2. The molecule has 3 N–H and O–H groups in total. The van der Waals surface area contributed by atoms with Gasteiger partial charge in [0, 0.05) is 6.54 Å². The van der Waals surface area contributed by atoms with E-state index < -0.39 is 10.0 Å². The molecule has 1 amide bonds. The smallest absolute Gasteiger partial charge is 0.238 e. The van der Waals surface area contributed by atoms with Crippen LogP contribution in [0.3, 0.4) is 0 Å². The molecule has 0 aliphatic rings. The van der Waals surface area contributed by atoms with Crippen LogP contribution in [-0.2, 0) is 27.8 Å². The second-order valence-electron chi connectivity index (χ2n) is 5.57. The molecular weight excluding hydrogens is 312 g/mol. The van der Waals surface area contributed by atoms with Crippen molar-refractivity contribution in [3.05, 3.63) is 64.7 Å². The Morgan fingerprint density at radius 1 is 1.09 bits per heavy atom. The summed E-state index contributed by atoms with van der Waals surface area (Å²) >= 11 is 0. The van der Waals surface area contributed by atoms with E-state index in [1.54, 1.807) is 12.1 Å². The molecule has 0 fully saturated rings. The highest BCUT2D eigenvalue weighted by molar-refractivity contribution is 7.89. The number of benzene rings is 2. The van der Waals surface area contributed by atoms with Crippen molar-refractivity contribution in [2.24, 2.45) is 5.14 Å². The van der Waals surface area contributed by atoms with Gasteiger partial charge in [-0.05, 0) is 42.7 Å². The fourth-order valence-corrected chi connectivity index (χ4v) is 2.79. The van der Waals surface area contributed by atoms with Crippen molar-refractivity contribution in [3.8, 4) is 0 Å². The first-order chi connectivity index (χ1) is 10.8. The number of carbonyl (C=O) groups is 1. The van der Waals surface area contributed by atoms with Gasteiger partial charge in [0.25, 0.3) is 0 Å². The summed E-state index contributed by atoms with van der Waals surface area (Å²) in [6.07, 6.45) is 0.321. The summed E-state index contributed by atoms with van der Waals surface area (Å²) in [4.78, 5) is 12.1. The lowest BCUT2D eigenvalue weighted by Crippen LogP contribution is -2.24. The molecule has 2 aromatic carbocycles. The topological polar surface area (TPSA) is 89.3 Å². The first kappa shape index (κ1) is 17.2. The second-order valence-corrected chi connectivity index (χ2v) is 7.13. The van der Waals surface area contributed by atoms with Gasteiger partial charge in [0.15, 0.2) is 0 Å². The highest BCUT2D eigenvalue weighted by Crippen LogP contribution is 2.12. The zero-order chi connectivity index (χ0) is 17.0. The van der Waals surface area contributed by atoms with E-state index in [2.05, 4.69) is 11.4 Å². The van der Waals surface area contributed by atoms with Crippen molar-refractivity contribution in [1.29, 1.82) is 0 Å². The SMILES string of the molecule is Cc1ccc(CC(=O)NCc2ccc(S(N)(=O)=O)cc2)c(C)c1. The van der Waals surface area contributed by atoms with Crippen molar-refractivity contribution in [3.63, 3.8) is 0 Å². The molecule has 0 aromatic heterocycles. The fourth-order valence-electron chi connectivity index (χ4n) is 2.28. The minimum Gasteiger partial charge on any atom is -0.352 e. The van der Waals surface area contributed by atoms with E-state index in [1.165, 1.54) is 17.7 Å². The Hall–Kier alpha value is -2.18. The lowest BCUT2D eigenvalue weighted by Gasteiger charge is -2.09. The summed E-state index contributed by atoms with van der Waals surface area (Å²) < 4.78 is 22.4. The number of aryl methyl sites for hydroxylation is 2. The fraction of sp³-hybridized carbons (Fsp3) is 0.235. The maximum atomic E-state index is 12.0. The Labute approximate surface area is 136 Å². The van der Waals surface area contributed by atoms with E-state index in [9.17, 15) is 13.2 Å². The maximum absolute atomic E-state index is 12.0. The average molecular weight is 332 g/mol. The minimum atomic E-state index is -3.69. The van der Waals surface area contributed by atoms with Gasteiger partial charge < -0.3 is 5.32 Å². The number of hydrogen-bond donors (Lipinski definition) is 2. The molecule has 23 heavy (non-hydrogen) atoms. The van der Waals surface area contributed by atoms with E-state index in [0.29, 0.717) is 13.0 Å². The lowest BCUT2D eigenvalue weighted by atomic mass is 10.0. The van der Waals surface area contributed by atoms with Crippen LogP contribution < -0.4 is 10.5 Å². The normalized spacial score (nSPS) is 11.3. The molecule has 0 aliphatic heterocycles. The van der Waals surface area contributed by atoms with Crippen molar-refractivity contribution < 1.29 is 13.2 Å². The van der Waals surface area contributed by atoms with E-state index in [1.807, 2.05) is 26.0 Å². The van der Waals surface area contributed by atoms with Crippen LogP contribution in [-0.4, -0.2) is 14.3 Å². The van der Waals surface area contributed by atoms with Gasteiger partial charge in [-0.15, -0.1) is 0 Å². The summed E-state index contributed by atoms with van der Waals surface area (Å²) in [6, 6.07) is 12.1. The number of nitrogens with two attached hydrogens (primary N) is 1. The second kappa shape index (κ2) is 6.93. The predicted octanol–water partition coefficient (Wildman–Crippen LogP) is 1.81. The Bertz CT molecular complexity index is 812. The van der Waals surface area contributed by atoms with Gasteiger partial charge in [0.05, 0.1) is 11.3 Å². The molecule has 0 unspecified atom stereocenters. The third kappa shape index (κ3) is 4.91. The maximum Gasteiger partial charge on any atom is 0.238 e. The number of primary sulfonamides is 1. The molecule has 2 aromatic rings. The van der Waals surface area contributed by atoms with Crippen molar-refractivity contribution in [1.82, 2.24) is 5.32 Å². The molecule has 6 heteroatoms. The third-order valence-electron chi connectivity index (χ3n) is 3.59. The zero-order valence-electron chi connectivity index (χ0n) is 13.2. The lowest BCUT2D eigenvalue weighted by molar-refractivity contribution is -0.120. The first-order valence-electron chi connectivity index (χ1n) is 7.20. The Morgan fingerprint density at radius 2 is 1.74 bits per heavy atom. The predicted molar refractivity (Wildman–Crippen MR) is 89.3 cm³/mol. The quantitative estimate of drug-likeness (QED) is 0.875. The van der Waals surface area contributed by atoms with Gasteiger partial charge in [-0.3, -0.25) is 4.79 Å². The molecule has 0 saturated carbocycles. The molecule has 0 atom stereocenters. The number of nitrogens with one attached hydrogen (secondary N) is 1. The Kier molecular flexibility index (Phi) is 5.18. The van der Waals surface area contributed by atoms with Crippen LogP contribution in [0.2, 0.25) is 0 Å². The van der Waals surface area contributed by atoms with Crippen molar-refractivity contribution >= 4 is 15.9 Å². The molecule has 0 saturated heterocycles. The van der Waals surface area contributed by atoms with Crippen LogP contribution >= 0.6 is 0 Å². The van der Waals surface area contributed by atoms with E-state index >= 15 is 0 Å². The largest absolute Gasteiger partial charge is 0.352 e. The number of hydrogen-bond acceptors (Lipinski definition) is 3. The van der Waals surface area contributed by atoms with E-state index in [-0.39, 0.29) is 10.8 Å². The standard InChI is InChI=1S/C17H20N2O3S/c1-12-3-6-15(13(2)9-12)10-17(20)19-11-14-4-7-16(8-5-14)23(18,21)22/h3-9H,10-11H2,1-2H3,(H,19,20)(H2,18,21,22). The van der Waals surface area contributed by atoms with Crippen LogP contribution in [0.5, 0.6) is 0 Å². The molecule has 2 rings (SSSR count). The van der Waals surface area contributed by atoms with Gasteiger partial charge in [0.1, 0.15) is 0 Å². The molecule has 122 valence electrons. The summed E-state index contributed by atoms with van der Waals surface area (Å²) in [5, 5.41) is 7.87. The van der Waals surface area contributed by atoms with Crippen LogP contribution in [0.4, 0.5) is 0 Å². The number of rotatable bonds is 5. The van der Waals surface area contributed by atoms with Gasteiger partial charge in [0.2, 0.25) is 15.9 Å². The molecule has 0 radical (unpaired) electrons. The third-order valence-corrected chi connectivity index (χ3v) is 4.52. The number of carbonyl (C=O) groups excluding carboxylic acids is 1. The Balaban J connectivity index is 1.94. The van der Waals surface area contributed by atoms with Crippen molar-refractivity contribution in [2.45, 2.75) is 31.7 Å². The van der Waals surface area contributed by atoms with Crippen LogP contribution in [0.25, 0.3) is 0 Å². The van der Waals surface area contributed by atoms with Crippen molar-refractivity contribution in [2.75, 3.05) is 0 Å². The highest BCUT2D eigenvalue weighted by Gasteiger charge is 2.08. The van der Waals surface area contributed by atoms with E-state index in [0.717, 1.165) is 16.7 Å².